The number of benzene rings is 2. The Labute approximate surface area is 162 Å². The van der Waals surface area contributed by atoms with Gasteiger partial charge < -0.3 is 16.0 Å². The maximum Gasteiger partial charge on any atom is 0.323 e. The zero-order chi connectivity index (χ0) is 19.6. The van der Waals surface area contributed by atoms with Gasteiger partial charge in [0.05, 0.1) is 10.2 Å². The molecule has 0 aliphatic carbocycles. The van der Waals surface area contributed by atoms with Gasteiger partial charge in [0.25, 0.3) is 0 Å². The molecule has 0 fully saturated rings. The third kappa shape index (κ3) is 4.43. The van der Waals surface area contributed by atoms with E-state index in [0.717, 1.165) is 32.6 Å². The van der Waals surface area contributed by atoms with Crippen molar-refractivity contribution in [3.63, 3.8) is 0 Å². The topological polar surface area (TPSA) is 83.1 Å². The Morgan fingerprint density at radius 2 is 1.78 bits per heavy atom. The number of carbonyl (C=O) groups is 2. The van der Waals surface area contributed by atoms with Crippen molar-refractivity contribution < 1.29 is 9.59 Å². The Hall–Kier alpha value is -2.93. The Morgan fingerprint density at radius 3 is 2.48 bits per heavy atom. The summed E-state index contributed by atoms with van der Waals surface area (Å²) < 4.78 is 0.906. The van der Waals surface area contributed by atoms with E-state index < -0.39 is 0 Å². The maximum absolute atomic E-state index is 12.4. The number of nitrogens with one attached hydrogen (secondary N) is 3. The van der Waals surface area contributed by atoms with Gasteiger partial charge in [-0.2, -0.15) is 0 Å². The average Bonchev–Trinajstić information content (AvgIpc) is 3.00. The Bertz CT molecular complexity index is 1030. The molecular formula is C20H22N4O2S. The summed E-state index contributed by atoms with van der Waals surface area (Å²) in [6.07, 6.45) is 0.403. The first-order valence-corrected chi connectivity index (χ1v) is 9.53. The highest BCUT2D eigenvalue weighted by molar-refractivity contribution is 7.22. The van der Waals surface area contributed by atoms with Crippen LogP contribution in [0, 0.1) is 20.8 Å². The van der Waals surface area contributed by atoms with Gasteiger partial charge in [0.15, 0.2) is 5.13 Å². The number of fused-ring (bicyclic) bond motifs is 1. The van der Waals surface area contributed by atoms with Crippen LogP contribution in [0.25, 0.3) is 10.2 Å². The monoisotopic (exact) mass is 382 g/mol. The van der Waals surface area contributed by atoms with Crippen molar-refractivity contribution in [3.8, 4) is 0 Å². The van der Waals surface area contributed by atoms with E-state index in [0.29, 0.717) is 17.2 Å². The van der Waals surface area contributed by atoms with E-state index in [-0.39, 0.29) is 11.9 Å². The molecule has 6 nitrogen and oxygen atoms in total. The lowest BCUT2D eigenvalue weighted by atomic mass is 10.1. The fourth-order valence-corrected chi connectivity index (χ4v) is 3.77. The van der Waals surface area contributed by atoms with Gasteiger partial charge in [-0.15, -0.1) is 0 Å². The van der Waals surface area contributed by atoms with Gasteiger partial charge in [-0.3, -0.25) is 4.79 Å². The van der Waals surface area contributed by atoms with Crippen molar-refractivity contribution in [2.24, 2.45) is 0 Å². The van der Waals surface area contributed by atoms with Crippen molar-refractivity contribution in [3.05, 3.63) is 47.0 Å². The van der Waals surface area contributed by atoms with Crippen molar-refractivity contribution in [2.75, 3.05) is 16.0 Å². The molecule has 0 unspecified atom stereocenters. The fourth-order valence-electron chi connectivity index (χ4n) is 2.77. The van der Waals surface area contributed by atoms with Crippen molar-refractivity contribution in [2.45, 2.75) is 34.1 Å². The quantitative estimate of drug-likeness (QED) is 0.579. The van der Waals surface area contributed by atoms with Gasteiger partial charge in [0.1, 0.15) is 0 Å². The highest BCUT2D eigenvalue weighted by Crippen LogP contribution is 2.31. The molecule has 0 atom stereocenters. The second-order valence-electron chi connectivity index (χ2n) is 6.46. The van der Waals surface area contributed by atoms with Crippen molar-refractivity contribution >= 4 is 50.0 Å². The van der Waals surface area contributed by atoms with E-state index in [1.54, 1.807) is 6.92 Å². The highest BCUT2D eigenvalue weighted by atomic mass is 32.1. The van der Waals surface area contributed by atoms with E-state index >= 15 is 0 Å². The van der Waals surface area contributed by atoms with E-state index in [1.807, 2.05) is 51.1 Å². The number of hydrogen-bond donors (Lipinski definition) is 3. The minimum absolute atomic E-state index is 0.0714. The number of rotatable bonds is 4. The molecule has 27 heavy (non-hydrogen) atoms. The molecule has 3 aromatic rings. The van der Waals surface area contributed by atoms with Crippen molar-refractivity contribution in [1.82, 2.24) is 4.98 Å². The molecule has 0 spiro atoms. The SMILES string of the molecule is CCC(=O)Nc1nc2c(C)cc(NC(=O)Nc3ccc(C)cc3C)cc2s1. The van der Waals surface area contributed by atoms with E-state index in [4.69, 9.17) is 0 Å². The van der Waals surface area contributed by atoms with Gasteiger partial charge in [-0.1, -0.05) is 36.0 Å². The number of urea groups is 1. The first kappa shape index (κ1) is 18.8. The number of aryl methyl sites for hydroxylation is 3. The summed E-state index contributed by atoms with van der Waals surface area (Å²) in [7, 11) is 0. The summed E-state index contributed by atoms with van der Waals surface area (Å²) in [6, 6.07) is 9.31. The van der Waals surface area contributed by atoms with Gasteiger partial charge in [0, 0.05) is 17.8 Å². The van der Waals surface area contributed by atoms with Crippen molar-refractivity contribution in [1.29, 1.82) is 0 Å². The third-order valence-electron chi connectivity index (χ3n) is 4.14. The number of hydrogen-bond acceptors (Lipinski definition) is 4. The van der Waals surface area contributed by atoms with Crippen LogP contribution in [0.5, 0.6) is 0 Å². The van der Waals surface area contributed by atoms with Crippen LogP contribution in [0.3, 0.4) is 0 Å². The first-order chi connectivity index (χ1) is 12.9. The summed E-state index contributed by atoms with van der Waals surface area (Å²) in [5, 5.41) is 9.09. The molecule has 0 saturated heterocycles. The van der Waals surface area contributed by atoms with Gasteiger partial charge in [-0.25, -0.2) is 9.78 Å². The molecule has 0 radical (unpaired) electrons. The first-order valence-electron chi connectivity index (χ1n) is 8.72. The standard InChI is InChI=1S/C20H22N4O2S/c1-5-17(25)23-20-24-18-13(4)9-14(10-16(18)27-20)21-19(26)22-15-7-6-11(2)8-12(15)3/h6-10H,5H2,1-4H3,(H2,21,22,26)(H,23,24,25). The lowest BCUT2D eigenvalue weighted by Gasteiger charge is -2.11. The summed E-state index contributed by atoms with van der Waals surface area (Å²) in [6.45, 7) is 7.70. The molecule has 1 heterocycles. The molecule has 3 amide bonds. The van der Waals surface area contributed by atoms with E-state index in [9.17, 15) is 9.59 Å². The second kappa shape index (κ2) is 7.75. The van der Waals surface area contributed by atoms with E-state index in [1.165, 1.54) is 11.3 Å². The molecule has 7 heteroatoms. The fraction of sp³-hybridized carbons (Fsp3) is 0.250. The van der Waals surface area contributed by atoms with Crippen LogP contribution in [0.2, 0.25) is 0 Å². The minimum atomic E-state index is -0.301. The van der Waals surface area contributed by atoms with Crippen LogP contribution in [0.1, 0.15) is 30.0 Å². The molecule has 0 saturated carbocycles. The normalized spacial score (nSPS) is 10.7. The van der Waals surface area contributed by atoms with Crippen LogP contribution >= 0.6 is 11.3 Å². The predicted molar refractivity (Wildman–Crippen MR) is 112 cm³/mol. The predicted octanol–water partition coefficient (Wildman–Crippen LogP) is 5.21. The Balaban J connectivity index is 1.78. The largest absolute Gasteiger partial charge is 0.323 e. The molecule has 1 aromatic heterocycles. The number of thiazole rings is 1. The molecular weight excluding hydrogens is 360 g/mol. The van der Waals surface area contributed by atoms with Crippen LogP contribution in [-0.2, 0) is 4.79 Å². The number of anilines is 3. The number of amides is 3. The van der Waals surface area contributed by atoms with Gasteiger partial charge in [-0.05, 0) is 50.1 Å². The van der Waals surface area contributed by atoms with Crippen LogP contribution in [0.15, 0.2) is 30.3 Å². The molecule has 0 bridgehead atoms. The van der Waals surface area contributed by atoms with Gasteiger partial charge >= 0.3 is 6.03 Å². The molecule has 3 N–H and O–H groups in total. The average molecular weight is 382 g/mol. The Kier molecular flexibility index (Phi) is 5.41. The molecule has 3 rings (SSSR count). The lowest BCUT2D eigenvalue weighted by molar-refractivity contribution is -0.115. The summed E-state index contributed by atoms with van der Waals surface area (Å²) in [5.41, 5.74) is 5.37. The number of nitrogens with zero attached hydrogens (tertiary/aromatic N) is 1. The highest BCUT2D eigenvalue weighted by Gasteiger charge is 2.12. The molecule has 0 aliphatic rings. The number of carbonyl (C=O) groups excluding carboxylic acids is 2. The molecule has 0 aliphatic heterocycles. The Morgan fingerprint density at radius 1 is 1.00 bits per heavy atom. The zero-order valence-electron chi connectivity index (χ0n) is 15.8. The van der Waals surface area contributed by atoms with Crippen LogP contribution in [-0.4, -0.2) is 16.9 Å². The molecule has 2 aromatic carbocycles. The van der Waals surface area contributed by atoms with Crippen LogP contribution < -0.4 is 16.0 Å². The summed E-state index contributed by atoms with van der Waals surface area (Å²) in [5.74, 6) is -0.0714. The zero-order valence-corrected chi connectivity index (χ0v) is 16.6. The smallest absolute Gasteiger partial charge is 0.308 e. The summed E-state index contributed by atoms with van der Waals surface area (Å²) >= 11 is 1.39. The van der Waals surface area contributed by atoms with E-state index in [2.05, 4.69) is 20.9 Å². The van der Waals surface area contributed by atoms with Gasteiger partial charge in [0.2, 0.25) is 5.91 Å². The summed E-state index contributed by atoms with van der Waals surface area (Å²) in [4.78, 5) is 28.4. The lowest BCUT2D eigenvalue weighted by Crippen LogP contribution is -2.20. The molecule has 140 valence electrons. The third-order valence-corrected chi connectivity index (χ3v) is 5.06. The minimum Gasteiger partial charge on any atom is -0.308 e. The second-order valence-corrected chi connectivity index (χ2v) is 7.49. The van der Waals surface area contributed by atoms with Crippen LogP contribution in [0.4, 0.5) is 21.3 Å². The number of aromatic nitrogens is 1. The maximum atomic E-state index is 12.4.